The SMILES string of the molecule is COC(=O)[C@@H]1Cc2c([nH]c3ccccc23)[C@@H](C23C=CC=CC2OCO3)N1. The summed E-state index contributed by atoms with van der Waals surface area (Å²) < 4.78 is 16.9. The fourth-order valence-electron chi connectivity index (χ4n) is 4.37. The minimum absolute atomic E-state index is 0.208. The summed E-state index contributed by atoms with van der Waals surface area (Å²) >= 11 is 0. The van der Waals surface area contributed by atoms with Crippen LogP contribution in [0.2, 0.25) is 0 Å². The number of aromatic amines is 1. The van der Waals surface area contributed by atoms with Crippen molar-refractivity contribution in [2.24, 2.45) is 0 Å². The van der Waals surface area contributed by atoms with E-state index in [0.29, 0.717) is 6.42 Å². The number of nitrogens with one attached hydrogen (secondary N) is 2. The molecule has 1 aliphatic carbocycles. The summed E-state index contributed by atoms with van der Waals surface area (Å²) in [5.74, 6) is -0.270. The number of carbonyl (C=O) groups is 1. The van der Waals surface area contributed by atoms with E-state index in [2.05, 4.69) is 22.4 Å². The molecule has 0 saturated carbocycles. The van der Waals surface area contributed by atoms with Crippen LogP contribution < -0.4 is 5.32 Å². The van der Waals surface area contributed by atoms with E-state index in [4.69, 9.17) is 14.2 Å². The number of hydrogen-bond acceptors (Lipinski definition) is 5. The molecule has 1 aromatic heterocycles. The molecule has 2 unspecified atom stereocenters. The second kappa shape index (κ2) is 5.81. The molecule has 0 radical (unpaired) electrons. The zero-order valence-electron chi connectivity index (χ0n) is 14.4. The maximum absolute atomic E-state index is 12.4. The normalized spacial score (nSPS) is 32.4. The van der Waals surface area contributed by atoms with Crippen molar-refractivity contribution >= 4 is 16.9 Å². The summed E-state index contributed by atoms with van der Waals surface area (Å²) in [5.41, 5.74) is 2.53. The highest BCUT2D eigenvalue weighted by Crippen LogP contribution is 2.45. The minimum atomic E-state index is -0.697. The standard InChI is InChI=1S/C20H20N2O4/c1-24-19(23)15-10-13-12-6-2-3-7-14(12)21-17(13)18(22-15)20-9-5-4-8-16(20)25-11-26-20/h2-9,15-16,18,21-22H,10-11H2,1H3/t15-,16?,18-,20?/m0/s1. The molecule has 1 saturated heterocycles. The fourth-order valence-corrected chi connectivity index (χ4v) is 4.37. The summed E-state index contributed by atoms with van der Waals surface area (Å²) in [6, 6.07) is 7.46. The van der Waals surface area contributed by atoms with Gasteiger partial charge in [0.05, 0.1) is 13.2 Å². The first-order valence-electron chi connectivity index (χ1n) is 8.78. The number of ether oxygens (including phenoxy) is 3. The summed E-state index contributed by atoms with van der Waals surface area (Å²) in [6.07, 6.45) is 8.32. The smallest absolute Gasteiger partial charge is 0.323 e. The van der Waals surface area contributed by atoms with Crippen molar-refractivity contribution in [3.63, 3.8) is 0 Å². The molecule has 4 atom stereocenters. The van der Waals surface area contributed by atoms with Gasteiger partial charge in [-0.3, -0.25) is 10.1 Å². The molecule has 0 bridgehead atoms. The van der Waals surface area contributed by atoms with Crippen molar-refractivity contribution in [2.75, 3.05) is 13.9 Å². The van der Waals surface area contributed by atoms with E-state index in [9.17, 15) is 4.79 Å². The maximum atomic E-state index is 12.4. The van der Waals surface area contributed by atoms with E-state index in [1.807, 2.05) is 36.4 Å². The van der Waals surface area contributed by atoms with Gasteiger partial charge in [0.15, 0.2) is 0 Å². The molecule has 3 aliphatic rings. The molecule has 1 fully saturated rings. The number of rotatable bonds is 2. The van der Waals surface area contributed by atoms with Gasteiger partial charge >= 0.3 is 5.97 Å². The van der Waals surface area contributed by atoms with E-state index in [1.54, 1.807) is 0 Å². The Labute approximate surface area is 150 Å². The average Bonchev–Trinajstić information content (AvgIpc) is 3.28. The first kappa shape index (κ1) is 15.8. The summed E-state index contributed by atoms with van der Waals surface area (Å²) in [7, 11) is 1.42. The van der Waals surface area contributed by atoms with E-state index in [0.717, 1.165) is 22.2 Å². The van der Waals surface area contributed by atoms with Crippen LogP contribution in [0.4, 0.5) is 0 Å². The molecular formula is C20H20N2O4. The van der Waals surface area contributed by atoms with Crippen LogP contribution in [0.15, 0.2) is 48.6 Å². The molecule has 6 nitrogen and oxygen atoms in total. The molecule has 5 rings (SSSR count). The Balaban J connectivity index is 1.69. The zero-order valence-corrected chi connectivity index (χ0v) is 14.4. The van der Waals surface area contributed by atoms with Gasteiger partial charge in [-0.05, 0) is 17.7 Å². The number of benzene rings is 1. The molecule has 0 spiro atoms. The third-order valence-electron chi connectivity index (χ3n) is 5.60. The van der Waals surface area contributed by atoms with Gasteiger partial charge in [0, 0.05) is 23.0 Å². The molecule has 2 aromatic rings. The average molecular weight is 352 g/mol. The van der Waals surface area contributed by atoms with Crippen molar-refractivity contribution in [1.82, 2.24) is 10.3 Å². The Kier molecular flexibility index (Phi) is 3.53. The molecule has 134 valence electrons. The predicted octanol–water partition coefficient (Wildman–Crippen LogP) is 2.13. The number of hydrogen-bond donors (Lipinski definition) is 2. The van der Waals surface area contributed by atoms with Crippen LogP contribution in [0.25, 0.3) is 10.9 Å². The van der Waals surface area contributed by atoms with E-state index >= 15 is 0 Å². The first-order chi connectivity index (χ1) is 12.7. The molecule has 3 heterocycles. The third-order valence-corrected chi connectivity index (χ3v) is 5.60. The number of aromatic nitrogens is 1. The van der Waals surface area contributed by atoms with Crippen LogP contribution in [0.3, 0.4) is 0 Å². The second-order valence-corrected chi connectivity index (χ2v) is 6.89. The maximum Gasteiger partial charge on any atom is 0.323 e. The van der Waals surface area contributed by atoms with Crippen molar-refractivity contribution in [3.05, 3.63) is 59.8 Å². The van der Waals surface area contributed by atoms with Gasteiger partial charge in [-0.1, -0.05) is 36.4 Å². The van der Waals surface area contributed by atoms with Crippen LogP contribution in [-0.2, 0) is 25.4 Å². The van der Waals surface area contributed by atoms with Crippen LogP contribution in [0, 0.1) is 0 Å². The minimum Gasteiger partial charge on any atom is -0.468 e. The fraction of sp³-hybridized carbons (Fsp3) is 0.350. The van der Waals surface area contributed by atoms with Crippen LogP contribution >= 0.6 is 0 Å². The molecular weight excluding hydrogens is 332 g/mol. The number of para-hydroxylation sites is 1. The Morgan fingerprint density at radius 2 is 2.19 bits per heavy atom. The van der Waals surface area contributed by atoms with Crippen molar-refractivity contribution in [2.45, 2.75) is 30.2 Å². The number of methoxy groups -OCH3 is 1. The van der Waals surface area contributed by atoms with E-state index < -0.39 is 11.6 Å². The zero-order chi connectivity index (χ0) is 17.7. The molecule has 1 aromatic carbocycles. The molecule has 2 aliphatic heterocycles. The Hall–Kier alpha value is -2.41. The molecule has 0 amide bonds. The Morgan fingerprint density at radius 3 is 3.08 bits per heavy atom. The van der Waals surface area contributed by atoms with E-state index in [-0.39, 0.29) is 24.9 Å². The highest BCUT2D eigenvalue weighted by molar-refractivity contribution is 5.87. The van der Waals surface area contributed by atoms with Gasteiger partial charge < -0.3 is 19.2 Å². The number of fused-ring (bicyclic) bond motifs is 4. The lowest BCUT2D eigenvalue weighted by molar-refractivity contribution is -0.144. The van der Waals surface area contributed by atoms with Gasteiger partial charge in [-0.25, -0.2) is 0 Å². The van der Waals surface area contributed by atoms with Crippen molar-refractivity contribution in [1.29, 1.82) is 0 Å². The van der Waals surface area contributed by atoms with Gasteiger partial charge in [-0.15, -0.1) is 0 Å². The van der Waals surface area contributed by atoms with Gasteiger partial charge in [0.25, 0.3) is 0 Å². The van der Waals surface area contributed by atoms with Crippen molar-refractivity contribution in [3.8, 4) is 0 Å². The summed E-state index contributed by atoms with van der Waals surface area (Å²) in [6.45, 7) is 0.218. The van der Waals surface area contributed by atoms with Gasteiger partial charge in [0.1, 0.15) is 24.5 Å². The lowest BCUT2D eigenvalue weighted by Gasteiger charge is -2.41. The quantitative estimate of drug-likeness (QED) is 0.810. The number of esters is 1. The first-order valence-corrected chi connectivity index (χ1v) is 8.78. The van der Waals surface area contributed by atoms with E-state index in [1.165, 1.54) is 7.11 Å². The summed E-state index contributed by atoms with van der Waals surface area (Å²) in [5, 5.41) is 4.59. The Bertz CT molecular complexity index is 931. The largest absolute Gasteiger partial charge is 0.468 e. The summed E-state index contributed by atoms with van der Waals surface area (Å²) in [4.78, 5) is 15.9. The van der Waals surface area contributed by atoms with Crippen LogP contribution in [-0.4, -0.2) is 42.6 Å². The monoisotopic (exact) mass is 352 g/mol. The highest BCUT2D eigenvalue weighted by atomic mass is 16.7. The number of H-pyrrole nitrogens is 1. The van der Waals surface area contributed by atoms with Crippen molar-refractivity contribution < 1.29 is 19.0 Å². The van der Waals surface area contributed by atoms with Gasteiger partial charge in [-0.2, -0.15) is 0 Å². The lowest BCUT2D eigenvalue weighted by atomic mass is 9.79. The molecule has 6 heteroatoms. The third kappa shape index (κ3) is 2.13. The lowest BCUT2D eigenvalue weighted by Crippen LogP contribution is -2.56. The molecule has 2 N–H and O–H groups in total. The van der Waals surface area contributed by atoms with Crippen LogP contribution in [0.5, 0.6) is 0 Å². The predicted molar refractivity (Wildman–Crippen MR) is 95.5 cm³/mol. The second-order valence-electron chi connectivity index (χ2n) is 6.89. The Morgan fingerprint density at radius 1 is 1.31 bits per heavy atom. The topological polar surface area (TPSA) is 72.6 Å². The van der Waals surface area contributed by atoms with Crippen LogP contribution in [0.1, 0.15) is 17.3 Å². The number of allylic oxidation sites excluding steroid dienone is 2. The molecule has 26 heavy (non-hydrogen) atoms. The highest BCUT2D eigenvalue weighted by Gasteiger charge is 2.53. The number of carbonyl (C=O) groups excluding carboxylic acids is 1. The van der Waals surface area contributed by atoms with Gasteiger partial charge in [0.2, 0.25) is 0 Å².